The lowest BCUT2D eigenvalue weighted by Crippen LogP contribution is -2.37. The van der Waals surface area contributed by atoms with Gasteiger partial charge in [-0.1, -0.05) is 6.07 Å². The van der Waals surface area contributed by atoms with E-state index in [1.54, 1.807) is 14.2 Å². The second kappa shape index (κ2) is 12.4. The van der Waals surface area contributed by atoms with Gasteiger partial charge in [0.05, 0.1) is 26.4 Å². The van der Waals surface area contributed by atoms with E-state index in [-0.39, 0.29) is 0 Å². The van der Waals surface area contributed by atoms with Gasteiger partial charge in [0.2, 0.25) is 0 Å². The summed E-state index contributed by atoms with van der Waals surface area (Å²) in [6, 6.07) is 5.93. The van der Waals surface area contributed by atoms with Crippen LogP contribution in [0.3, 0.4) is 0 Å². The molecule has 7 heteroatoms. The summed E-state index contributed by atoms with van der Waals surface area (Å²) in [6.45, 7) is 6.32. The van der Waals surface area contributed by atoms with Gasteiger partial charge in [0.25, 0.3) is 0 Å². The predicted molar refractivity (Wildman–Crippen MR) is 107 cm³/mol. The summed E-state index contributed by atoms with van der Waals surface area (Å²) in [5.74, 6) is 2.26. The van der Waals surface area contributed by atoms with Crippen LogP contribution < -0.4 is 20.1 Å². The Morgan fingerprint density at radius 3 is 2.89 bits per heavy atom. The molecule has 1 aromatic carbocycles. The summed E-state index contributed by atoms with van der Waals surface area (Å²) in [6.07, 6.45) is 3.48. The summed E-state index contributed by atoms with van der Waals surface area (Å²) < 4.78 is 22.1. The Balaban J connectivity index is 1.64. The second-order valence-electron chi connectivity index (χ2n) is 6.33. The molecule has 1 heterocycles. The average Bonchev–Trinajstić information content (AvgIpc) is 3.21. The maximum absolute atomic E-state index is 5.67. The highest BCUT2D eigenvalue weighted by molar-refractivity contribution is 5.79. The van der Waals surface area contributed by atoms with E-state index in [2.05, 4.69) is 15.6 Å². The lowest BCUT2D eigenvalue weighted by molar-refractivity contribution is 0.0168. The Hall–Kier alpha value is -1.99. The van der Waals surface area contributed by atoms with Crippen LogP contribution in [-0.2, 0) is 16.0 Å². The first-order chi connectivity index (χ1) is 13.3. The molecule has 1 aromatic rings. The molecule has 1 fully saturated rings. The molecule has 1 aliphatic rings. The zero-order chi connectivity index (χ0) is 19.3. The number of guanidine groups is 1. The molecule has 2 N–H and O–H groups in total. The van der Waals surface area contributed by atoms with Crippen molar-refractivity contribution in [2.24, 2.45) is 4.99 Å². The number of ether oxygens (including phenoxy) is 4. The summed E-state index contributed by atoms with van der Waals surface area (Å²) in [5.41, 5.74) is 1.10. The van der Waals surface area contributed by atoms with E-state index < -0.39 is 0 Å². The molecule has 0 amide bonds. The first kappa shape index (κ1) is 21.3. The van der Waals surface area contributed by atoms with Crippen LogP contribution in [0.15, 0.2) is 23.2 Å². The first-order valence-corrected chi connectivity index (χ1v) is 9.70. The molecule has 1 saturated heterocycles. The summed E-state index contributed by atoms with van der Waals surface area (Å²) in [4.78, 5) is 4.25. The molecule has 1 aliphatic heterocycles. The molecule has 0 aromatic heterocycles. The van der Waals surface area contributed by atoms with Crippen LogP contribution >= 0.6 is 0 Å². The minimum absolute atomic E-state index is 0.290. The Labute approximate surface area is 162 Å². The van der Waals surface area contributed by atoms with Crippen molar-refractivity contribution in [3.05, 3.63) is 23.8 Å². The number of hydrogen-bond donors (Lipinski definition) is 2. The van der Waals surface area contributed by atoms with Crippen molar-refractivity contribution in [1.29, 1.82) is 0 Å². The minimum atomic E-state index is 0.290. The number of benzene rings is 1. The SMILES string of the molecule is CCOc1ccc(CNC(=NC)NCCCOCC2CCCO2)cc1OC. The number of aliphatic imine (C=N–C) groups is 1. The van der Waals surface area contributed by atoms with Crippen molar-refractivity contribution >= 4 is 5.96 Å². The number of nitrogens with zero attached hydrogens (tertiary/aromatic N) is 1. The van der Waals surface area contributed by atoms with Crippen molar-refractivity contribution in [2.45, 2.75) is 38.8 Å². The van der Waals surface area contributed by atoms with Crippen molar-refractivity contribution in [3.63, 3.8) is 0 Å². The molecule has 7 nitrogen and oxygen atoms in total. The smallest absolute Gasteiger partial charge is 0.191 e. The molecule has 1 unspecified atom stereocenters. The zero-order valence-corrected chi connectivity index (χ0v) is 16.8. The Morgan fingerprint density at radius 2 is 2.19 bits per heavy atom. The summed E-state index contributed by atoms with van der Waals surface area (Å²) >= 11 is 0. The predicted octanol–water partition coefficient (Wildman–Crippen LogP) is 2.34. The van der Waals surface area contributed by atoms with Gasteiger partial charge in [-0.2, -0.15) is 0 Å². The molecule has 0 spiro atoms. The molecule has 0 saturated carbocycles. The van der Waals surface area contributed by atoms with Gasteiger partial charge in [-0.25, -0.2) is 0 Å². The van der Waals surface area contributed by atoms with Gasteiger partial charge in [0, 0.05) is 33.4 Å². The maximum Gasteiger partial charge on any atom is 0.191 e. The van der Waals surface area contributed by atoms with E-state index in [4.69, 9.17) is 18.9 Å². The second-order valence-corrected chi connectivity index (χ2v) is 6.33. The molecule has 152 valence electrons. The van der Waals surface area contributed by atoms with Crippen LogP contribution in [0, 0.1) is 0 Å². The Morgan fingerprint density at radius 1 is 1.30 bits per heavy atom. The molecule has 0 bridgehead atoms. The Kier molecular flexibility index (Phi) is 9.79. The van der Waals surface area contributed by atoms with E-state index in [9.17, 15) is 0 Å². The monoisotopic (exact) mass is 379 g/mol. The fraction of sp³-hybridized carbons (Fsp3) is 0.650. The normalized spacial score (nSPS) is 17.0. The van der Waals surface area contributed by atoms with Crippen molar-refractivity contribution in [1.82, 2.24) is 10.6 Å². The average molecular weight is 380 g/mol. The Bertz CT molecular complexity index is 574. The third-order valence-electron chi connectivity index (χ3n) is 4.30. The number of rotatable bonds is 11. The third-order valence-corrected chi connectivity index (χ3v) is 4.30. The topological polar surface area (TPSA) is 73.3 Å². The highest BCUT2D eigenvalue weighted by Crippen LogP contribution is 2.27. The quantitative estimate of drug-likeness (QED) is 0.349. The van der Waals surface area contributed by atoms with E-state index in [1.165, 1.54) is 0 Å². The molecule has 0 aliphatic carbocycles. The minimum Gasteiger partial charge on any atom is -0.493 e. The van der Waals surface area contributed by atoms with E-state index in [0.29, 0.717) is 25.9 Å². The van der Waals surface area contributed by atoms with Crippen molar-refractivity contribution in [3.8, 4) is 11.5 Å². The molecule has 1 atom stereocenters. The molecule has 2 rings (SSSR count). The van der Waals surface area contributed by atoms with E-state index in [1.807, 2.05) is 25.1 Å². The van der Waals surface area contributed by atoms with Crippen LogP contribution in [0.25, 0.3) is 0 Å². The zero-order valence-electron chi connectivity index (χ0n) is 16.8. The molecular weight excluding hydrogens is 346 g/mol. The van der Waals surface area contributed by atoms with Gasteiger partial charge < -0.3 is 29.6 Å². The van der Waals surface area contributed by atoms with Crippen LogP contribution in [0.2, 0.25) is 0 Å². The fourth-order valence-electron chi connectivity index (χ4n) is 2.87. The molecular formula is C20H33N3O4. The van der Waals surface area contributed by atoms with Crippen molar-refractivity contribution < 1.29 is 18.9 Å². The lowest BCUT2D eigenvalue weighted by atomic mass is 10.2. The first-order valence-electron chi connectivity index (χ1n) is 9.70. The number of nitrogens with one attached hydrogen (secondary N) is 2. The van der Waals surface area contributed by atoms with Gasteiger partial charge in [-0.3, -0.25) is 4.99 Å². The molecule has 27 heavy (non-hydrogen) atoms. The van der Waals surface area contributed by atoms with Gasteiger partial charge in [-0.15, -0.1) is 0 Å². The van der Waals surface area contributed by atoms with E-state index in [0.717, 1.165) is 62.0 Å². The number of hydrogen-bond acceptors (Lipinski definition) is 5. The summed E-state index contributed by atoms with van der Waals surface area (Å²) in [7, 11) is 3.42. The van der Waals surface area contributed by atoms with Crippen molar-refractivity contribution in [2.75, 3.05) is 47.1 Å². The molecule has 0 radical (unpaired) electrons. The maximum atomic E-state index is 5.67. The van der Waals surface area contributed by atoms with Gasteiger partial charge in [0.1, 0.15) is 0 Å². The van der Waals surface area contributed by atoms with Crippen LogP contribution in [-0.4, -0.2) is 59.2 Å². The highest BCUT2D eigenvalue weighted by atomic mass is 16.5. The number of methoxy groups -OCH3 is 1. The third kappa shape index (κ3) is 7.64. The summed E-state index contributed by atoms with van der Waals surface area (Å²) in [5, 5.41) is 6.61. The fourth-order valence-corrected chi connectivity index (χ4v) is 2.87. The van der Waals surface area contributed by atoms with Crippen LogP contribution in [0.5, 0.6) is 11.5 Å². The lowest BCUT2D eigenvalue weighted by Gasteiger charge is -2.14. The largest absolute Gasteiger partial charge is 0.493 e. The van der Waals surface area contributed by atoms with Gasteiger partial charge in [-0.05, 0) is 43.9 Å². The van der Waals surface area contributed by atoms with Crippen LogP contribution in [0.4, 0.5) is 0 Å². The van der Waals surface area contributed by atoms with Crippen LogP contribution in [0.1, 0.15) is 31.7 Å². The van der Waals surface area contributed by atoms with Gasteiger partial charge in [0.15, 0.2) is 17.5 Å². The van der Waals surface area contributed by atoms with Gasteiger partial charge >= 0.3 is 0 Å². The highest BCUT2D eigenvalue weighted by Gasteiger charge is 2.14. The van der Waals surface area contributed by atoms with E-state index >= 15 is 0 Å². The standard InChI is InChI=1S/C20H33N3O4/c1-4-26-18-9-8-16(13-19(18)24-3)14-23-20(21-2)22-10-6-11-25-15-17-7-5-12-27-17/h8-9,13,17H,4-7,10-12,14-15H2,1-3H3,(H2,21,22,23).